The molecule has 0 amide bonds. The van der Waals surface area contributed by atoms with Crippen molar-refractivity contribution in [2.75, 3.05) is 19.5 Å². The number of hydrogen-bond donors (Lipinski definition) is 0. The van der Waals surface area contributed by atoms with Crippen LogP contribution < -0.4 is 4.74 Å². The fourth-order valence-corrected chi connectivity index (χ4v) is 5.50. The van der Waals surface area contributed by atoms with E-state index in [-0.39, 0.29) is 18.3 Å². The molecule has 0 spiro atoms. The Labute approximate surface area is 247 Å². The van der Waals surface area contributed by atoms with Crippen LogP contribution in [0, 0.1) is 0 Å². The van der Waals surface area contributed by atoms with Crippen molar-refractivity contribution in [1.82, 2.24) is 0 Å². The Morgan fingerprint density at radius 3 is 1.80 bits per heavy atom. The standard InChI is InChI=1S/C35H36O5S/c1-36-31-17-19-32(20-18-31)41-26-30-24-38-33(25-37-21-27-11-5-2-6-12-27)35(40-23-29-15-9-4-10-16-29)34(30)39-22-28-13-7-3-8-14-28/h2-20,24,33-35H,21-23,25-26H2,1H3/t33-,34-,35+/m1/s1. The Kier molecular flexibility index (Phi) is 10.9. The molecule has 6 heteroatoms. The van der Waals surface area contributed by atoms with E-state index in [0.717, 1.165) is 32.9 Å². The number of thioether (sulfide) groups is 1. The highest BCUT2D eigenvalue weighted by molar-refractivity contribution is 7.99. The molecule has 4 aromatic carbocycles. The van der Waals surface area contributed by atoms with Gasteiger partial charge in [-0.1, -0.05) is 91.0 Å². The van der Waals surface area contributed by atoms with Crippen LogP contribution in [-0.4, -0.2) is 37.8 Å². The van der Waals surface area contributed by atoms with Crippen molar-refractivity contribution in [2.45, 2.75) is 43.0 Å². The summed E-state index contributed by atoms with van der Waals surface area (Å²) in [5, 5.41) is 0. The van der Waals surface area contributed by atoms with Crippen LogP contribution in [0.15, 0.2) is 132 Å². The smallest absolute Gasteiger partial charge is 0.150 e. The highest BCUT2D eigenvalue weighted by atomic mass is 32.2. The molecule has 0 aliphatic carbocycles. The van der Waals surface area contributed by atoms with Gasteiger partial charge in [0.15, 0.2) is 0 Å². The molecule has 5 nitrogen and oxygen atoms in total. The lowest BCUT2D eigenvalue weighted by Crippen LogP contribution is -2.48. The van der Waals surface area contributed by atoms with Gasteiger partial charge < -0.3 is 23.7 Å². The maximum atomic E-state index is 6.64. The Balaban J connectivity index is 1.34. The molecule has 41 heavy (non-hydrogen) atoms. The first-order valence-corrected chi connectivity index (χ1v) is 14.8. The minimum Gasteiger partial charge on any atom is -0.497 e. The maximum Gasteiger partial charge on any atom is 0.150 e. The molecule has 0 aromatic heterocycles. The average molecular weight is 569 g/mol. The Morgan fingerprint density at radius 1 is 0.659 bits per heavy atom. The molecule has 0 N–H and O–H groups in total. The van der Waals surface area contributed by atoms with Gasteiger partial charge in [0.25, 0.3) is 0 Å². The van der Waals surface area contributed by atoms with Gasteiger partial charge in [-0.15, -0.1) is 11.8 Å². The number of methoxy groups -OCH3 is 1. The van der Waals surface area contributed by atoms with E-state index in [2.05, 4.69) is 48.5 Å². The van der Waals surface area contributed by atoms with Crippen molar-refractivity contribution < 1.29 is 23.7 Å². The molecule has 0 bridgehead atoms. The second kappa shape index (κ2) is 15.5. The lowest BCUT2D eigenvalue weighted by molar-refractivity contribution is -0.151. The van der Waals surface area contributed by atoms with Crippen molar-refractivity contribution in [2.24, 2.45) is 0 Å². The predicted octanol–water partition coefficient (Wildman–Crippen LogP) is 7.46. The number of hydrogen-bond acceptors (Lipinski definition) is 6. The largest absolute Gasteiger partial charge is 0.497 e. The van der Waals surface area contributed by atoms with E-state index < -0.39 is 0 Å². The van der Waals surface area contributed by atoms with Crippen LogP contribution in [0.1, 0.15) is 16.7 Å². The minimum absolute atomic E-state index is 0.302. The second-order valence-corrected chi connectivity index (χ2v) is 10.9. The lowest BCUT2D eigenvalue weighted by atomic mass is 9.99. The topological polar surface area (TPSA) is 46.2 Å². The zero-order chi connectivity index (χ0) is 28.1. The van der Waals surface area contributed by atoms with Gasteiger partial charge in [0.2, 0.25) is 0 Å². The zero-order valence-corrected chi connectivity index (χ0v) is 24.1. The molecule has 1 aliphatic rings. The summed E-state index contributed by atoms with van der Waals surface area (Å²) in [4.78, 5) is 1.14. The molecular formula is C35H36O5S. The van der Waals surface area contributed by atoms with Crippen molar-refractivity contribution in [3.63, 3.8) is 0 Å². The Bertz CT molecular complexity index is 1330. The van der Waals surface area contributed by atoms with E-state index in [1.165, 1.54) is 0 Å². The van der Waals surface area contributed by atoms with Crippen molar-refractivity contribution in [3.05, 3.63) is 144 Å². The van der Waals surface area contributed by atoms with E-state index in [9.17, 15) is 0 Å². The monoisotopic (exact) mass is 568 g/mol. The summed E-state index contributed by atoms with van der Waals surface area (Å²) in [5.41, 5.74) is 4.37. The van der Waals surface area contributed by atoms with Crippen LogP contribution in [0.3, 0.4) is 0 Å². The highest BCUT2D eigenvalue weighted by Gasteiger charge is 2.39. The van der Waals surface area contributed by atoms with Crippen molar-refractivity contribution in [1.29, 1.82) is 0 Å². The number of ether oxygens (including phenoxy) is 5. The quantitative estimate of drug-likeness (QED) is 0.147. The fourth-order valence-electron chi connectivity index (χ4n) is 4.60. The lowest BCUT2D eigenvalue weighted by Gasteiger charge is -2.38. The molecular weight excluding hydrogens is 532 g/mol. The molecule has 212 valence electrons. The average Bonchev–Trinajstić information content (AvgIpc) is 3.04. The van der Waals surface area contributed by atoms with Gasteiger partial charge in [-0.25, -0.2) is 0 Å². The summed E-state index contributed by atoms with van der Waals surface area (Å²) in [7, 11) is 1.68. The van der Waals surface area contributed by atoms with Gasteiger partial charge in [0, 0.05) is 16.2 Å². The molecule has 0 saturated heterocycles. The van der Waals surface area contributed by atoms with Crippen LogP contribution in [0.5, 0.6) is 5.75 Å². The van der Waals surface area contributed by atoms with E-state index in [1.807, 2.05) is 73.0 Å². The van der Waals surface area contributed by atoms with Gasteiger partial charge in [-0.2, -0.15) is 0 Å². The maximum absolute atomic E-state index is 6.64. The first-order valence-electron chi connectivity index (χ1n) is 13.8. The van der Waals surface area contributed by atoms with Gasteiger partial charge >= 0.3 is 0 Å². The van der Waals surface area contributed by atoms with E-state index in [1.54, 1.807) is 18.9 Å². The molecule has 0 radical (unpaired) electrons. The zero-order valence-electron chi connectivity index (χ0n) is 23.3. The first kappa shape index (κ1) is 29.0. The summed E-state index contributed by atoms with van der Waals surface area (Å²) in [6.07, 6.45) is 0.873. The third kappa shape index (κ3) is 8.72. The third-order valence-electron chi connectivity index (χ3n) is 6.84. The molecule has 4 aromatic rings. The summed E-state index contributed by atoms with van der Waals surface area (Å²) in [6.45, 7) is 1.81. The van der Waals surface area contributed by atoms with Gasteiger partial charge in [-0.05, 0) is 41.0 Å². The van der Waals surface area contributed by atoms with Crippen molar-refractivity contribution >= 4 is 11.8 Å². The first-order chi connectivity index (χ1) is 20.3. The number of benzene rings is 4. The Hall–Kier alpha value is -3.55. The fraction of sp³-hybridized carbons (Fsp3) is 0.257. The third-order valence-corrected chi connectivity index (χ3v) is 7.92. The molecule has 0 unspecified atom stereocenters. The predicted molar refractivity (Wildman–Crippen MR) is 163 cm³/mol. The van der Waals surface area contributed by atoms with Crippen LogP contribution in [0.2, 0.25) is 0 Å². The van der Waals surface area contributed by atoms with Crippen molar-refractivity contribution in [3.8, 4) is 5.75 Å². The molecule has 1 heterocycles. The van der Waals surface area contributed by atoms with E-state index in [4.69, 9.17) is 23.7 Å². The minimum atomic E-state index is -0.355. The molecule has 1 aliphatic heterocycles. The van der Waals surface area contributed by atoms with Crippen LogP contribution in [0.4, 0.5) is 0 Å². The van der Waals surface area contributed by atoms with E-state index in [0.29, 0.717) is 32.2 Å². The summed E-state index contributed by atoms with van der Waals surface area (Å²) >= 11 is 1.73. The molecule has 3 atom stereocenters. The molecule has 0 fully saturated rings. The van der Waals surface area contributed by atoms with Crippen LogP contribution >= 0.6 is 11.8 Å². The number of rotatable bonds is 14. The summed E-state index contributed by atoms with van der Waals surface area (Å²) in [6, 6.07) is 38.7. The highest BCUT2D eigenvalue weighted by Crippen LogP contribution is 2.32. The van der Waals surface area contributed by atoms with Gasteiger partial charge in [0.1, 0.15) is 24.1 Å². The second-order valence-electron chi connectivity index (χ2n) is 9.81. The van der Waals surface area contributed by atoms with Gasteiger partial charge in [-0.3, -0.25) is 0 Å². The van der Waals surface area contributed by atoms with Crippen LogP contribution in [-0.2, 0) is 38.8 Å². The molecule has 5 rings (SSSR count). The normalized spacial score (nSPS) is 18.4. The van der Waals surface area contributed by atoms with Crippen LogP contribution in [0.25, 0.3) is 0 Å². The van der Waals surface area contributed by atoms with E-state index >= 15 is 0 Å². The Morgan fingerprint density at radius 2 is 1.22 bits per heavy atom. The SMILES string of the molecule is COc1ccc(SCC2=CO[C@H](COCc3ccccc3)[C@H](OCc3ccccc3)[C@@H]2OCc2ccccc2)cc1. The van der Waals surface area contributed by atoms with Gasteiger partial charge in [0.05, 0.1) is 39.8 Å². The summed E-state index contributed by atoms with van der Waals surface area (Å²) < 4.78 is 31.0. The molecule has 0 saturated carbocycles. The summed E-state index contributed by atoms with van der Waals surface area (Å²) in [5.74, 6) is 1.54.